The third-order valence-corrected chi connectivity index (χ3v) is 7.23. The van der Waals surface area contributed by atoms with Crippen molar-refractivity contribution >= 4 is 16.7 Å². The summed E-state index contributed by atoms with van der Waals surface area (Å²) in [7, 11) is 0. The Hall–Kier alpha value is -3.52. The summed E-state index contributed by atoms with van der Waals surface area (Å²) in [5.74, 6) is 0.102. The fraction of sp³-hybridized carbons (Fsp3) is 0.407. The Labute approximate surface area is 204 Å². The molecule has 8 heteroatoms. The molecule has 3 aromatic heterocycles. The largest absolute Gasteiger partial charge is 0.379 e. The van der Waals surface area contributed by atoms with Gasteiger partial charge in [0.2, 0.25) is 5.91 Å². The van der Waals surface area contributed by atoms with Crippen molar-refractivity contribution in [3.63, 3.8) is 0 Å². The third-order valence-electron chi connectivity index (χ3n) is 7.23. The third kappa shape index (κ3) is 3.82. The van der Waals surface area contributed by atoms with Crippen LogP contribution in [0.2, 0.25) is 0 Å². The number of ether oxygens (including phenoxy) is 1. The van der Waals surface area contributed by atoms with E-state index in [1.165, 1.54) is 5.69 Å². The summed E-state index contributed by atoms with van der Waals surface area (Å²) in [6.07, 6.45) is 7.64. The van der Waals surface area contributed by atoms with Crippen molar-refractivity contribution in [2.24, 2.45) is 0 Å². The van der Waals surface area contributed by atoms with Crippen LogP contribution >= 0.6 is 0 Å². The van der Waals surface area contributed by atoms with Crippen LogP contribution in [0.15, 0.2) is 42.9 Å². The molecule has 1 aromatic carbocycles. The molecule has 1 atom stereocenters. The molecule has 0 aliphatic carbocycles. The molecule has 0 spiro atoms. The highest BCUT2D eigenvalue weighted by Crippen LogP contribution is 2.37. The Morgan fingerprint density at radius 1 is 1.23 bits per heavy atom. The summed E-state index contributed by atoms with van der Waals surface area (Å²) in [5.41, 5.74) is 6.29. The molecular formula is C27H30N6O2. The van der Waals surface area contributed by atoms with E-state index in [2.05, 4.69) is 47.9 Å². The van der Waals surface area contributed by atoms with Crippen LogP contribution in [0.3, 0.4) is 0 Å². The SMILES string of the molecule is CC(=O)N1CCc2c(c(-c3cccc4cc(-c5cnn(C(C)C)c5)ncc34)nn2[C@H]2CCOC2)C1. The van der Waals surface area contributed by atoms with Crippen LogP contribution in [0.25, 0.3) is 33.3 Å². The van der Waals surface area contributed by atoms with E-state index in [9.17, 15) is 4.79 Å². The summed E-state index contributed by atoms with van der Waals surface area (Å²) >= 11 is 0. The van der Waals surface area contributed by atoms with Crippen LogP contribution in [-0.2, 0) is 22.5 Å². The lowest BCUT2D eigenvalue weighted by Crippen LogP contribution is -2.35. The van der Waals surface area contributed by atoms with Gasteiger partial charge in [0.15, 0.2) is 0 Å². The molecule has 180 valence electrons. The first-order valence-electron chi connectivity index (χ1n) is 12.4. The Morgan fingerprint density at radius 2 is 2.11 bits per heavy atom. The molecule has 35 heavy (non-hydrogen) atoms. The molecule has 1 saturated heterocycles. The minimum Gasteiger partial charge on any atom is -0.379 e. The van der Waals surface area contributed by atoms with Gasteiger partial charge in [0.1, 0.15) is 0 Å². The first-order chi connectivity index (χ1) is 17.0. The maximum atomic E-state index is 12.2. The van der Waals surface area contributed by atoms with Crippen LogP contribution in [0.4, 0.5) is 0 Å². The zero-order valence-electron chi connectivity index (χ0n) is 20.4. The molecule has 5 heterocycles. The van der Waals surface area contributed by atoms with Gasteiger partial charge >= 0.3 is 0 Å². The van der Waals surface area contributed by atoms with Gasteiger partial charge in [-0.15, -0.1) is 0 Å². The van der Waals surface area contributed by atoms with Crippen molar-refractivity contribution < 1.29 is 9.53 Å². The van der Waals surface area contributed by atoms with E-state index in [-0.39, 0.29) is 11.9 Å². The normalized spacial score (nSPS) is 17.9. The van der Waals surface area contributed by atoms with E-state index < -0.39 is 0 Å². The van der Waals surface area contributed by atoms with Crippen molar-refractivity contribution in [1.29, 1.82) is 0 Å². The summed E-state index contributed by atoms with van der Waals surface area (Å²) in [4.78, 5) is 18.9. The molecule has 8 nitrogen and oxygen atoms in total. The van der Waals surface area contributed by atoms with Crippen LogP contribution < -0.4 is 0 Å². The van der Waals surface area contributed by atoms with Crippen molar-refractivity contribution in [1.82, 2.24) is 29.4 Å². The Morgan fingerprint density at radius 3 is 2.86 bits per heavy atom. The molecule has 6 rings (SSSR count). The predicted octanol–water partition coefficient (Wildman–Crippen LogP) is 4.41. The number of hydrogen-bond donors (Lipinski definition) is 0. The lowest BCUT2D eigenvalue weighted by molar-refractivity contribution is -0.129. The van der Waals surface area contributed by atoms with E-state index in [1.54, 1.807) is 6.92 Å². The minimum atomic E-state index is 0.102. The van der Waals surface area contributed by atoms with Gasteiger partial charge in [0, 0.05) is 79.2 Å². The average Bonchev–Trinajstić information content (AvgIpc) is 3.62. The second-order valence-corrected chi connectivity index (χ2v) is 9.83. The number of hydrogen-bond acceptors (Lipinski definition) is 5. The van der Waals surface area contributed by atoms with E-state index in [0.29, 0.717) is 19.2 Å². The van der Waals surface area contributed by atoms with Crippen molar-refractivity contribution in [2.45, 2.75) is 52.2 Å². The van der Waals surface area contributed by atoms with Crippen LogP contribution in [0.1, 0.15) is 50.5 Å². The molecule has 0 radical (unpaired) electrons. The fourth-order valence-electron chi connectivity index (χ4n) is 5.24. The molecule has 0 N–H and O–H groups in total. The van der Waals surface area contributed by atoms with Crippen molar-refractivity contribution in [2.75, 3.05) is 19.8 Å². The fourth-order valence-corrected chi connectivity index (χ4v) is 5.24. The summed E-state index contributed by atoms with van der Waals surface area (Å²) in [6.45, 7) is 8.64. The van der Waals surface area contributed by atoms with Crippen molar-refractivity contribution in [3.8, 4) is 22.5 Å². The molecule has 1 amide bonds. The lowest BCUT2D eigenvalue weighted by atomic mass is 9.97. The highest BCUT2D eigenvalue weighted by atomic mass is 16.5. The zero-order valence-corrected chi connectivity index (χ0v) is 20.4. The molecule has 1 fully saturated rings. The molecule has 2 aliphatic heterocycles. The van der Waals surface area contributed by atoms with Crippen LogP contribution in [0, 0.1) is 0 Å². The van der Waals surface area contributed by atoms with Gasteiger partial charge in [-0.3, -0.25) is 19.1 Å². The monoisotopic (exact) mass is 470 g/mol. The summed E-state index contributed by atoms with van der Waals surface area (Å²) < 4.78 is 9.80. The zero-order chi connectivity index (χ0) is 24.1. The van der Waals surface area contributed by atoms with E-state index in [0.717, 1.165) is 64.8 Å². The minimum absolute atomic E-state index is 0.102. The number of carbonyl (C=O) groups excluding carboxylic acids is 1. The van der Waals surface area contributed by atoms with E-state index >= 15 is 0 Å². The first-order valence-corrected chi connectivity index (χ1v) is 12.4. The topological polar surface area (TPSA) is 78.1 Å². The van der Waals surface area contributed by atoms with Gasteiger partial charge in [0.05, 0.1) is 30.2 Å². The summed E-state index contributed by atoms with van der Waals surface area (Å²) in [5, 5.41) is 11.8. The Balaban J connectivity index is 1.46. The van der Waals surface area contributed by atoms with Gasteiger partial charge in [-0.05, 0) is 31.7 Å². The second-order valence-electron chi connectivity index (χ2n) is 9.83. The average molecular weight is 471 g/mol. The lowest BCUT2D eigenvalue weighted by Gasteiger charge is -2.27. The number of rotatable bonds is 4. The van der Waals surface area contributed by atoms with Gasteiger partial charge < -0.3 is 9.64 Å². The number of benzene rings is 1. The molecular weight excluding hydrogens is 440 g/mol. The number of fused-ring (bicyclic) bond motifs is 2. The number of nitrogens with zero attached hydrogens (tertiary/aromatic N) is 6. The standard InChI is InChI=1S/C27H30N6O2/c1-17(2)32-14-20(12-29-32)25-11-19-5-4-6-22(23(19)13-28-25)27-24-15-31(18(3)34)9-7-26(24)33(30-27)21-8-10-35-16-21/h4-6,11-14,17,21H,7-10,15-16H2,1-3H3/t21-/m0/s1. The van der Waals surface area contributed by atoms with Crippen LogP contribution in [-0.4, -0.2) is 55.1 Å². The number of amides is 1. The highest BCUT2D eigenvalue weighted by molar-refractivity contribution is 5.97. The van der Waals surface area contributed by atoms with E-state index in [1.807, 2.05) is 28.2 Å². The van der Waals surface area contributed by atoms with Crippen molar-refractivity contribution in [3.05, 3.63) is 54.1 Å². The maximum Gasteiger partial charge on any atom is 0.219 e. The smallest absolute Gasteiger partial charge is 0.219 e. The Bertz CT molecular complexity index is 1410. The van der Waals surface area contributed by atoms with Gasteiger partial charge in [0.25, 0.3) is 0 Å². The Kier molecular flexibility index (Phi) is 5.40. The maximum absolute atomic E-state index is 12.2. The molecule has 0 saturated carbocycles. The molecule has 4 aromatic rings. The van der Waals surface area contributed by atoms with Crippen LogP contribution in [0.5, 0.6) is 0 Å². The molecule has 0 unspecified atom stereocenters. The quantitative estimate of drug-likeness (QED) is 0.442. The summed E-state index contributed by atoms with van der Waals surface area (Å²) in [6, 6.07) is 8.99. The number of pyridine rings is 1. The van der Waals surface area contributed by atoms with Gasteiger partial charge in [-0.2, -0.15) is 10.2 Å². The highest BCUT2D eigenvalue weighted by Gasteiger charge is 2.31. The number of aromatic nitrogens is 5. The second kappa shape index (κ2) is 8.61. The van der Waals surface area contributed by atoms with Gasteiger partial charge in [-0.25, -0.2) is 0 Å². The van der Waals surface area contributed by atoms with E-state index in [4.69, 9.17) is 14.8 Å². The molecule has 0 bridgehead atoms. The molecule has 2 aliphatic rings. The predicted molar refractivity (Wildman–Crippen MR) is 134 cm³/mol. The first kappa shape index (κ1) is 22.0. The van der Waals surface area contributed by atoms with Gasteiger partial charge in [-0.1, -0.05) is 18.2 Å². The number of carbonyl (C=O) groups is 1.